The zero-order chi connectivity index (χ0) is 12.4. The molecule has 2 unspecified atom stereocenters. The third-order valence-electron chi connectivity index (χ3n) is 3.83. The van der Waals surface area contributed by atoms with Crippen LogP contribution in [0.4, 0.5) is 8.78 Å². The first-order valence-corrected chi connectivity index (χ1v) is 6.23. The smallest absolute Gasteiger partial charge is 0.129 e. The molecule has 1 aliphatic rings. The van der Waals surface area contributed by atoms with Crippen molar-refractivity contribution in [2.75, 3.05) is 7.05 Å². The van der Waals surface area contributed by atoms with Crippen molar-refractivity contribution in [2.45, 2.75) is 32.2 Å². The van der Waals surface area contributed by atoms with E-state index in [4.69, 9.17) is 0 Å². The molecule has 1 saturated carbocycles. The summed E-state index contributed by atoms with van der Waals surface area (Å²) < 4.78 is 26.4. The van der Waals surface area contributed by atoms with Crippen LogP contribution in [0.3, 0.4) is 0 Å². The summed E-state index contributed by atoms with van der Waals surface area (Å²) in [5.74, 6) is 0.371. The summed E-state index contributed by atoms with van der Waals surface area (Å²) in [6, 6.07) is 4.10. The topological polar surface area (TPSA) is 12.0 Å². The zero-order valence-electron chi connectivity index (χ0n) is 10.3. The van der Waals surface area contributed by atoms with Gasteiger partial charge in [-0.2, -0.15) is 0 Å². The molecule has 2 rings (SSSR count). The van der Waals surface area contributed by atoms with E-state index in [9.17, 15) is 8.78 Å². The molecule has 3 heteroatoms. The molecular weight excluding hydrogens is 220 g/mol. The molecule has 94 valence electrons. The van der Waals surface area contributed by atoms with Gasteiger partial charge in [-0.05, 0) is 49.8 Å². The SMILES string of the molecule is CNC(Cc1ccc(F)cc1F)C(C)C1CC1. The van der Waals surface area contributed by atoms with Crippen molar-refractivity contribution in [3.05, 3.63) is 35.4 Å². The Hall–Kier alpha value is -0.960. The number of likely N-dealkylation sites (N-methyl/N-ethyl adjacent to an activating group) is 1. The summed E-state index contributed by atoms with van der Waals surface area (Å²) in [7, 11) is 1.91. The molecule has 0 aromatic heterocycles. The maximum atomic E-state index is 13.6. The highest BCUT2D eigenvalue weighted by Crippen LogP contribution is 2.38. The Kier molecular flexibility index (Phi) is 3.77. The van der Waals surface area contributed by atoms with E-state index in [1.165, 1.54) is 18.9 Å². The molecular formula is C14H19F2N. The Morgan fingerprint density at radius 2 is 2.06 bits per heavy atom. The molecule has 0 radical (unpaired) electrons. The number of benzene rings is 1. The largest absolute Gasteiger partial charge is 0.316 e. The zero-order valence-corrected chi connectivity index (χ0v) is 10.3. The third-order valence-corrected chi connectivity index (χ3v) is 3.83. The van der Waals surface area contributed by atoms with Crippen LogP contribution in [0.2, 0.25) is 0 Å². The fourth-order valence-electron chi connectivity index (χ4n) is 2.43. The lowest BCUT2D eigenvalue weighted by Gasteiger charge is -2.23. The highest BCUT2D eigenvalue weighted by atomic mass is 19.1. The van der Waals surface area contributed by atoms with Crippen molar-refractivity contribution in [2.24, 2.45) is 11.8 Å². The predicted molar refractivity (Wildman–Crippen MR) is 64.8 cm³/mol. The summed E-state index contributed by atoms with van der Waals surface area (Å²) >= 11 is 0. The van der Waals surface area contributed by atoms with Crippen molar-refractivity contribution in [1.29, 1.82) is 0 Å². The number of rotatable bonds is 5. The van der Waals surface area contributed by atoms with Gasteiger partial charge in [-0.3, -0.25) is 0 Å². The lowest BCUT2D eigenvalue weighted by molar-refractivity contribution is 0.354. The fraction of sp³-hybridized carbons (Fsp3) is 0.571. The molecule has 2 atom stereocenters. The Balaban J connectivity index is 2.06. The van der Waals surface area contributed by atoms with Gasteiger partial charge in [0.1, 0.15) is 11.6 Å². The van der Waals surface area contributed by atoms with Crippen LogP contribution in [0.5, 0.6) is 0 Å². The molecule has 1 nitrogen and oxygen atoms in total. The summed E-state index contributed by atoms with van der Waals surface area (Å²) in [5, 5.41) is 3.25. The first kappa shape index (κ1) is 12.5. The molecule has 0 spiro atoms. The van der Waals surface area contributed by atoms with E-state index < -0.39 is 11.6 Å². The molecule has 0 amide bonds. The Morgan fingerprint density at radius 1 is 1.35 bits per heavy atom. The molecule has 1 N–H and O–H groups in total. The average Bonchev–Trinajstić information content (AvgIpc) is 3.11. The van der Waals surface area contributed by atoms with Gasteiger partial charge in [0.25, 0.3) is 0 Å². The van der Waals surface area contributed by atoms with Crippen LogP contribution in [-0.2, 0) is 6.42 Å². The second-order valence-electron chi connectivity index (χ2n) is 5.03. The molecule has 1 aliphatic carbocycles. The van der Waals surface area contributed by atoms with Gasteiger partial charge in [0.05, 0.1) is 0 Å². The van der Waals surface area contributed by atoms with Gasteiger partial charge in [0, 0.05) is 12.1 Å². The van der Waals surface area contributed by atoms with Crippen LogP contribution in [-0.4, -0.2) is 13.1 Å². The van der Waals surface area contributed by atoms with E-state index in [2.05, 4.69) is 12.2 Å². The summed E-state index contributed by atoms with van der Waals surface area (Å²) in [6.45, 7) is 2.21. The van der Waals surface area contributed by atoms with Gasteiger partial charge in [0.2, 0.25) is 0 Å². The van der Waals surface area contributed by atoms with Crippen LogP contribution in [0.25, 0.3) is 0 Å². The highest BCUT2D eigenvalue weighted by molar-refractivity contribution is 5.20. The van der Waals surface area contributed by atoms with E-state index in [-0.39, 0.29) is 6.04 Å². The first-order valence-electron chi connectivity index (χ1n) is 6.23. The van der Waals surface area contributed by atoms with Crippen molar-refractivity contribution in [3.63, 3.8) is 0 Å². The highest BCUT2D eigenvalue weighted by Gasteiger charge is 2.32. The maximum absolute atomic E-state index is 13.6. The van der Waals surface area contributed by atoms with E-state index in [1.807, 2.05) is 7.05 Å². The molecule has 0 bridgehead atoms. The number of halogens is 2. The standard InChI is InChI=1S/C14H19F2N/c1-9(10-3-4-10)14(17-2)7-11-5-6-12(15)8-13(11)16/h5-6,8-10,14,17H,3-4,7H2,1-2H3. The van der Waals surface area contributed by atoms with Crippen molar-refractivity contribution in [1.82, 2.24) is 5.32 Å². The molecule has 0 saturated heterocycles. The average molecular weight is 239 g/mol. The number of nitrogens with one attached hydrogen (secondary N) is 1. The molecule has 0 aliphatic heterocycles. The Labute approximate surface area is 101 Å². The third kappa shape index (κ3) is 3.03. The van der Waals surface area contributed by atoms with Crippen molar-refractivity contribution in [3.8, 4) is 0 Å². The lowest BCUT2D eigenvalue weighted by Crippen LogP contribution is -2.35. The first-order chi connectivity index (χ1) is 8.11. The summed E-state index contributed by atoms with van der Waals surface area (Å²) in [6.07, 6.45) is 3.19. The fourth-order valence-corrected chi connectivity index (χ4v) is 2.43. The Bertz CT molecular complexity index is 388. The second kappa shape index (κ2) is 5.13. The van der Waals surface area contributed by atoms with Crippen LogP contribution in [0, 0.1) is 23.5 Å². The minimum absolute atomic E-state index is 0.266. The summed E-state index contributed by atoms with van der Waals surface area (Å²) in [4.78, 5) is 0. The summed E-state index contributed by atoms with van der Waals surface area (Å²) in [5.41, 5.74) is 0.596. The van der Waals surface area contributed by atoms with Crippen LogP contribution >= 0.6 is 0 Å². The van der Waals surface area contributed by atoms with Crippen LogP contribution in [0.1, 0.15) is 25.3 Å². The normalized spacial score (nSPS) is 19.1. The maximum Gasteiger partial charge on any atom is 0.129 e. The van der Waals surface area contributed by atoms with Gasteiger partial charge in [-0.15, -0.1) is 0 Å². The van der Waals surface area contributed by atoms with E-state index >= 15 is 0 Å². The van der Waals surface area contributed by atoms with Gasteiger partial charge >= 0.3 is 0 Å². The minimum atomic E-state index is -0.512. The van der Waals surface area contributed by atoms with E-state index in [0.29, 0.717) is 17.9 Å². The number of hydrogen-bond acceptors (Lipinski definition) is 1. The van der Waals surface area contributed by atoms with E-state index in [0.717, 1.165) is 12.0 Å². The minimum Gasteiger partial charge on any atom is -0.316 e. The lowest BCUT2D eigenvalue weighted by atomic mass is 9.91. The van der Waals surface area contributed by atoms with Crippen LogP contribution in [0.15, 0.2) is 18.2 Å². The van der Waals surface area contributed by atoms with Crippen LogP contribution < -0.4 is 5.32 Å². The van der Waals surface area contributed by atoms with E-state index in [1.54, 1.807) is 6.07 Å². The molecule has 1 aromatic carbocycles. The van der Waals surface area contributed by atoms with Crippen molar-refractivity contribution < 1.29 is 8.78 Å². The predicted octanol–water partition coefficient (Wildman–Crippen LogP) is 3.14. The molecule has 0 heterocycles. The number of hydrogen-bond donors (Lipinski definition) is 1. The molecule has 17 heavy (non-hydrogen) atoms. The van der Waals surface area contributed by atoms with Gasteiger partial charge < -0.3 is 5.32 Å². The molecule has 1 aromatic rings. The van der Waals surface area contributed by atoms with Crippen molar-refractivity contribution >= 4 is 0 Å². The quantitative estimate of drug-likeness (QED) is 0.832. The van der Waals surface area contributed by atoms with Gasteiger partial charge in [-0.1, -0.05) is 13.0 Å². The van der Waals surface area contributed by atoms with Gasteiger partial charge in [0.15, 0.2) is 0 Å². The second-order valence-corrected chi connectivity index (χ2v) is 5.03. The van der Waals surface area contributed by atoms with Gasteiger partial charge in [-0.25, -0.2) is 8.78 Å². The molecule has 1 fully saturated rings. The Morgan fingerprint density at radius 3 is 2.59 bits per heavy atom. The monoisotopic (exact) mass is 239 g/mol.